The number of nitrogens with one attached hydrogen (secondary N) is 1. The normalized spacial score (nSPS) is 10.5. The molecule has 134 valence electrons. The third-order valence-corrected chi connectivity index (χ3v) is 4.37. The first-order valence-electron chi connectivity index (χ1n) is 8.25. The molecule has 6 nitrogen and oxygen atoms in total. The van der Waals surface area contributed by atoms with Crippen molar-refractivity contribution in [3.05, 3.63) is 42.2 Å². The Morgan fingerprint density at radius 3 is 2.96 bits per heavy atom. The number of esters is 1. The molecule has 1 aromatic heterocycles. The highest BCUT2D eigenvalue weighted by atomic mass is 32.2. The molecule has 0 saturated heterocycles. The highest BCUT2D eigenvalue weighted by Crippen LogP contribution is 2.20. The number of nitrogens with zero attached hydrogens (tertiary/aromatic N) is 2. The predicted molar refractivity (Wildman–Crippen MR) is 97.9 cm³/mol. The Hall–Kier alpha value is -2.28. The van der Waals surface area contributed by atoms with Crippen LogP contribution in [0.25, 0.3) is 5.69 Å². The van der Waals surface area contributed by atoms with Gasteiger partial charge in [-0.3, -0.25) is 14.2 Å². The fourth-order valence-electron chi connectivity index (χ4n) is 2.25. The van der Waals surface area contributed by atoms with E-state index in [1.165, 1.54) is 17.3 Å². The molecule has 1 heterocycles. The van der Waals surface area contributed by atoms with E-state index in [9.17, 15) is 9.59 Å². The zero-order valence-electron chi connectivity index (χ0n) is 14.5. The summed E-state index contributed by atoms with van der Waals surface area (Å²) in [7, 11) is 0. The van der Waals surface area contributed by atoms with Gasteiger partial charge >= 0.3 is 5.97 Å². The van der Waals surface area contributed by atoms with Crippen LogP contribution < -0.4 is 5.32 Å². The third-order valence-electron chi connectivity index (χ3n) is 3.40. The monoisotopic (exact) mass is 361 g/mol. The van der Waals surface area contributed by atoms with E-state index in [0.717, 1.165) is 10.8 Å². The zero-order chi connectivity index (χ0) is 18.1. The van der Waals surface area contributed by atoms with Crippen molar-refractivity contribution in [3.63, 3.8) is 0 Å². The van der Waals surface area contributed by atoms with Gasteiger partial charge in [-0.15, -0.1) is 0 Å². The van der Waals surface area contributed by atoms with Gasteiger partial charge in [-0.1, -0.05) is 23.9 Å². The van der Waals surface area contributed by atoms with Crippen LogP contribution in [-0.2, 0) is 14.3 Å². The van der Waals surface area contributed by atoms with Crippen molar-refractivity contribution in [2.45, 2.75) is 31.8 Å². The van der Waals surface area contributed by atoms with Gasteiger partial charge in [0.25, 0.3) is 0 Å². The summed E-state index contributed by atoms with van der Waals surface area (Å²) >= 11 is 1.38. The second kappa shape index (κ2) is 9.88. The van der Waals surface area contributed by atoms with Gasteiger partial charge in [0.2, 0.25) is 5.91 Å². The molecule has 0 aliphatic carbocycles. The molecule has 25 heavy (non-hydrogen) atoms. The smallest absolute Gasteiger partial charge is 0.305 e. The first-order chi connectivity index (χ1) is 12.1. The highest BCUT2D eigenvalue weighted by Gasteiger charge is 2.09. The number of rotatable bonds is 9. The van der Waals surface area contributed by atoms with Crippen molar-refractivity contribution in [1.82, 2.24) is 14.9 Å². The summed E-state index contributed by atoms with van der Waals surface area (Å²) in [5.74, 6) is -0.0265. The van der Waals surface area contributed by atoms with Gasteiger partial charge in [0.05, 0.1) is 12.4 Å². The summed E-state index contributed by atoms with van der Waals surface area (Å²) in [6.07, 6.45) is 4.50. The molecular formula is C18H23N3O3S. The van der Waals surface area contributed by atoms with Crippen molar-refractivity contribution < 1.29 is 14.3 Å². The summed E-state index contributed by atoms with van der Waals surface area (Å²) in [6.45, 7) is 4.66. The molecule has 0 fully saturated rings. The fourth-order valence-corrected chi connectivity index (χ4v) is 3.05. The van der Waals surface area contributed by atoms with Gasteiger partial charge in [-0.2, -0.15) is 0 Å². The van der Waals surface area contributed by atoms with Crippen LogP contribution in [0.1, 0.15) is 25.3 Å². The van der Waals surface area contributed by atoms with Crippen molar-refractivity contribution in [1.29, 1.82) is 0 Å². The molecule has 0 aliphatic heterocycles. The number of aryl methyl sites for hydroxylation is 1. The predicted octanol–water partition coefficient (Wildman–Crippen LogP) is 2.73. The minimum atomic E-state index is -0.230. The van der Waals surface area contributed by atoms with Gasteiger partial charge in [-0.05, 0) is 38.0 Å². The number of thioether (sulfide) groups is 1. The van der Waals surface area contributed by atoms with E-state index in [2.05, 4.69) is 16.4 Å². The Labute approximate surface area is 152 Å². The summed E-state index contributed by atoms with van der Waals surface area (Å²) in [5, 5.41) is 3.58. The fraction of sp³-hybridized carbons (Fsp3) is 0.389. The highest BCUT2D eigenvalue weighted by molar-refractivity contribution is 7.99. The van der Waals surface area contributed by atoms with Gasteiger partial charge in [-0.25, -0.2) is 4.98 Å². The van der Waals surface area contributed by atoms with Crippen molar-refractivity contribution >= 4 is 23.6 Å². The van der Waals surface area contributed by atoms with E-state index in [1.807, 2.05) is 35.9 Å². The van der Waals surface area contributed by atoms with Crippen LogP contribution in [0.5, 0.6) is 0 Å². The molecule has 7 heteroatoms. The Balaban J connectivity index is 1.77. The molecular weight excluding hydrogens is 338 g/mol. The molecule has 0 saturated carbocycles. The summed E-state index contributed by atoms with van der Waals surface area (Å²) in [4.78, 5) is 27.5. The van der Waals surface area contributed by atoms with Crippen LogP contribution in [0.15, 0.2) is 41.8 Å². The average Bonchev–Trinajstić information content (AvgIpc) is 3.06. The van der Waals surface area contributed by atoms with E-state index < -0.39 is 0 Å². The molecule has 0 unspecified atom stereocenters. The van der Waals surface area contributed by atoms with E-state index >= 15 is 0 Å². The van der Waals surface area contributed by atoms with Crippen LogP contribution in [0.4, 0.5) is 0 Å². The number of aromatic nitrogens is 2. The maximum Gasteiger partial charge on any atom is 0.305 e. The van der Waals surface area contributed by atoms with E-state index in [-0.39, 0.29) is 17.6 Å². The summed E-state index contributed by atoms with van der Waals surface area (Å²) in [5.41, 5.74) is 2.19. The topological polar surface area (TPSA) is 73.2 Å². The number of ether oxygens (including phenoxy) is 1. The first-order valence-corrected chi connectivity index (χ1v) is 9.24. The number of carbonyl (C=O) groups is 2. The number of imidazole rings is 1. The zero-order valence-corrected chi connectivity index (χ0v) is 15.3. The van der Waals surface area contributed by atoms with Crippen molar-refractivity contribution in [2.75, 3.05) is 18.9 Å². The average molecular weight is 361 g/mol. The molecule has 0 spiro atoms. The van der Waals surface area contributed by atoms with Gasteiger partial charge in [0.15, 0.2) is 5.16 Å². The quantitative estimate of drug-likeness (QED) is 0.422. The van der Waals surface area contributed by atoms with Crippen LogP contribution >= 0.6 is 11.8 Å². The lowest BCUT2D eigenvalue weighted by Gasteiger charge is -2.08. The Morgan fingerprint density at radius 1 is 1.36 bits per heavy atom. The van der Waals surface area contributed by atoms with E-state index in [4.69, 9.17) is 4.74 Å². The lowest BCUT2D eigenvalue weighted by Crippen LogP contribution is -2.26. The molecule has 1 N–H and O–H groups in total. The van der Waals surface area contributed by atoms with Gasteiger partial charge in [0.1, 0.15) is 0 Å². The number of hydrogen-bond donors (Lipinski definition) is 1. The SMILES string of the molecule is CCOC(=O)CCCNC(=O)CSc1nccn1-c1cccc(C)c1. The Kier molecular flexibility index (Phi) is 7.53. The lowest BCUT2D eigenvalue weighted by atomic mass is 10.2. The van der Waals surface area contributed by atoms with Gasteiger partial charge in [0, 0.05) is 31.0 Å². The standard InChI is InChI=1S/C18H23N3O3S/c1-3-24-17(23)8-5-9-19-16(22)13-25-18-20-10-11-21(18)15-7-4-6-14(2)12-15/h4,6-7,10-12H,3,5,8-9,13H2,1-2H3,(H,19,22). The third kappa shape index (κ3) is 6.26. The molecule has 0 aliphatic rings. The van der Waals surface area contributed by atoms with Crippen LogP contribution in [0.3, 0.4) is 0 Å². The molecule has 0 radical (unpaired) electrons. The molecule has 1 aromatic carbocycles. The minimum Gasteiger partial charge on any atom is -0.466 e. The summed E-state index contributed by atoms with van der Waals surface area (Å²) < 4.78 is 6.81. The molecule has 2 aromatic rings. The van der Waals surface area contributed by atoms with Crippen LogP contribution in [-0.4, -0.2) is 40.3 Å². The number of hydrogen-bond acceptors (Lipinski definition) is 5. The number of benzene rings is 1. The maximum atomic E-state index is 11.9. The largest absolute Gasteiger partial charge is 0.466 e. The van der Waals surface area contributed by atoms with Gasteiger partial charge < -0.3 is 10.1 Å². The number of amides is 1. The van der Waals surface area contributed by atoms with E-state index in [1.54, 1.807) is 13.1 Å². The summed E-state index contributed by atoms with van der Waals surface area (Å²) in [6, 6.07) is 8.11. The van der Waals surface area contributed by atoms with Crippen LogP contribution in [0.2, 0.25) is 0 Å². The second-order valence-corrected chi connectivity index (χ2v) is 6.41. The van der Waals surface area contributed by atoms with E-state index in [0.29, 0.717) is 26.0 Å². The van der Waals surface area contributed by atoms with Crippen LogP contribution in [0, 0.1) is 6.92 Å². The first kappa shape index (κ1) is 19.1. The molecule has 1 amide bonds. The van der Waals surface area contributed by atoms with Crippen molar-refractivity contribution in [3.8, 4) is 5.69 Å². The minimum absolute atomic E-state index is 0.0762. The Bertz CT molecular complexity index is 715. The lowest BCUT2D eigenvalue weighted by molar-refractivity contribution is -0.143. The number of carbonyl (C=O) groups excluding carboxylic acids is 2. The Morgan fingerprint density at radius 2 is 2.20 bits per heavy atom. The molecule has 0 atom stereocenters. The maximum absolute atomic E-state index is 11.9. The van der Waals surface area contributed by atoms with Crippen molar-refractivity contribution in [2.24, 2.45) is 0 Å². The molecule has 0 bridgehead atoms. The second-order valence-electron chi connectivity index (χ2n) is 5.47. The molecule has 2 rings (SSSR count).